The van der Waals surface area contributed by atoms with Crippen molar-refractivity contribution in [1.29, 1.82) is 0 Å². The number of ether oxygens (including phenoxy) is 3. The van der Waals surface area contributed by atoms with Crippen LogP contribution >= 0.6 is 0 Å². The molecule has 4 aromatic rings. The number of nitrogens with zero attached hydrogens (tertiary/aromatic N) is 4. The molecule has 2 unspecified atom stereocenters. The Labute approximate surface area is 390 Å². The summed E-state index contributed by atoms with van der Waals surface area (Å²) in [7, 11) is 1.26. The number of rotatable bonds is 6. The van der Waals surface area contributed by atoms with Gasteiger partial charge in [0, 0.05) is 53.3 Å². The molecule has 4 bridgehead atoms. The molecule has 2 aromatic heterocycles. The van der Waals surface area contributed by atoms with Gasteiger partial charge in [0.05, 0.1) is 37.9 Å². The lowest BCUT2D eigenvalue weighted by atomic mass is 9.72. The molecule has 6 heterocycles. The average Bonchev–Trinajstić information content (AvgIpc) is 3.82. The number of aromatic hydroxyl groups is 1. The van der Waals surface area contributed by atoms with E-state index in [1.54, 1.807) is 9.80 Å². The highest BCUT2D eigenvalue weighted by Crippen LogP contribution is 2.47. The third kappa shape index (κ3) is 7.92. The van der Waals surface area contributed by atoms with E-state index in [1.807, 2.05) is 0 Å². The maximum atomic E-state index is 14.3. The monoisotopic (exact) mass is 960 g/mol. The van der Waals surface area contributed by atoms with Gasteiger partial charge in [-0.2, -0.15) is 0 Å². The Kier molecular flexibility index (Phi) is 11.5. The van der Waals surface area contributed by atoms with Crippen LogP contribution in [0.25, 0.3) is 0 Å². The maximum absolute atomic E-state index is 14.3. The van der Waals surface area contributed by atoms with Crippen molar-refractivity contribution >= 4 is 23.7 Å². The van der Waals surface area contributed by atoms with Crippen LogP contribution < -0.4 is 26.6 Å². The Hall–Kier alpha value is -6.58. The quantitative estimate of drug-likeness (QED) is 0.195. The molecule has 364 valence electrons. The SMILES string of the molecule is COc1c2n(cc(C(=O)O)c1=O)CC1O[C@H]3CC[C@H](C3)N1C2=O.NC1(c2ccc(F)cc2F)CCC1.O=C(NC1(c2ccc(F)cc2F)CC1)c1cn2c(c(O)c1=O)C(=O)N1C(C2)O[C@H]2CC[C@@H]1C2. The predicted molar refractivity (Wildman–Crippen MR) is 232 cm³/mol. The number of nitrogens with one attached hydrogen (secondary N) is 1. The number of methoxy groups -OCH3 is 1. The highest BCUT2D eigenvalue weighted by Gasteiger charge is 2.51. The highest BCUT2D eigenvalue weighted by molar-refractivity contribution is 6.00. The van der Waals surface area contributed by atoms with Crippen LogP contribution in [0.5, 0.6) is 11.5 Å². The molecule has 4 aliphatic carbocycles. The highest BCUT2D eigenvalue weighted by atomic mass is 19.1. The summed E-state index contributed by atoms with van der Waals surface area (Å²) >= 11 is 0. The zero-order chi connectivity index (χ0) is 48.8. The van der Waals surface area contributed by atoms with Crippen molar-refractivity contribution in [2.45, 2.75) is 132 Å². The van der Waals surface area contributed by atoms with Gasteiger partial charge >= 0.3 is 5.97 Å². The number of halogens is 4. The molecular formula is C48H48F4N6O11. The minimum Gasteiger partial charge on any atom is -0.503 e. The van der Waals surface area contributed by atoms with Crippen LogP contribution in [0.4, 0.5) is 17.6 Å². The van der Waals surface area contributed by atoms with Crippen LogP contribution in [0.2, 0.25) is 0 Å². The first kappa shape index (κ1) is 46.2. The van der Waals surface area contributed by atoms with E-state index >= 15 is 0 Å². The van der Waals surface area contributed by atoms with E-state index in [0.29, 0.717) is 24.9 Å². The van der Waals surface area contributed by atoms with E-state index in [-0.39, 0.29) is 65.0 Å². The number of aromatic carboxylic acids is 1. The first-order chi connectivity index (χ1) is 32.9. The molecule has 8 aliphatic rings. The summed E-state index contributed by atoms with van der Waals surface area (Å²) in [5.74, 6) is -6.57. The van der Waals surface area contributed by atoms with Gasteiger partial charge in [-0.1, -0.05) is 12.1 Å². The number of pyridine rings is 2. The van der Waals surface area contributed by atoms with Gasteiger partial charge in [0.25, 0.3) is 17.7 Å². The number of amides is 3. The molecule has 21 heteroatoms. The van der Waals surface area contributed by atoms with Crippen molar-refractivity contribution in [3.8, 4) is 11.5 Å². The molecule has 4 aliphatic heterocycles. The third-order valence-corrected chi connectivity index (χ3v) is 14.8. The first-order valence-electron chi connectivity index (χ1n) is 22.9. The normalized spacial score (nSPS) is 25.8. The van der Waals surface area contributed by atoms with Gasteiger partial charge in [-0.3, -0.25) is 24.0 Å². The van der Waals surface area contributed by atoms with Crippen LogP contribution in [0.1, 0.15) is 123 Å². The molecule has 0 spiro atoms. The number of fused-ring (bicyclic) bond motifs is 10. The van der Waals surface area contributed by atoms with Crippen molar-refractivity contribution in [3.63, 3.8) is 0 Å². The number of hydrogen-bond acceptors (Lipinski definition) is 11. The average molecular weight is 961 g/mol. The number of carboxylic acids is 1. The van der Waals surface area contributed by atoms with Gasteiger partial charge in [0.2, 0.25) is 10.9 Å². The minimum absolute atomic E-state index is 0.00723. The Morgan fingerprint density at radius 2 is 1.26 bits per heavy atom. The van der Waals surface area contributed by atoms with Gasteiger partial charge < -0.3 is 54.4 Å². The van der Waals surface area contributed by atoms with E-state index in [0.717, 1.165) is 76.0 Å². The summed E-state index contributed by atoms with van der Waals surface area (Å²) in [4.78, 5) is 78.7. The van der Waals surface area contributed by atoms with Gasteiger partial charge in [-0.15, -0.1) is 0 Å². The summed E-state index contributed by atoms with van der Waals surface area (Å²) < 4.78 is 73.3. The van der Waals surface area contributed by atoms with Gasteiger partial charge in [-0.05, 0) is 82.8 Å². The maximum Gasteiger partial charge on any atom is 0.341 e. The Bertz CT molecular complexity index is 2950. The molecule has 12 rings (SSSR count). The fraction of sp³-hybridized carbons (Fsp3) is 0.458. The zero-order valence-electron chi connectivity index (χ0n) is 37.2. The summed E-state index contributed by atoms with van der Waals surface area (Å²) in [5, 5.41) is 22.5. The second kappa shape index (κ2) is 17.1. The molecule has 2 aromatic carbocycles. The van der Waals surface area contributed by atoms with Crippen molar-refractivity contribution in [2.24, 2.45) is 5.73 Å². The number of hydrogen-bond donors (Lipinski definition) is 4. The predicted octanol–water partition coefficient (Wildman–Crippen LogP) is 4.58. The van der Waals surface area contributed by atoms with E-state index in [9.17, 15) is 56.5 Å². The summed E-state index contributed by atoms with van der Waals surface area (Å²) in [6.45, 7) is 0.477. The van der Waals surface area contributed by atoms with Crippen molar-refractivity contribution in [1.82, 2.24) is 24.3 Å². The van der Waals surface area contributed by atoms with Crippen molar-refractivity contribution in [2.75, 3.05) is 7.11 Å². The standard InChI is InChI=1S/C23H21F2N3O5.C15H16N2O6.C10H11F2N/c24-11-1-4-15(16(25)7-11)23(5-6-23)26-21(31)14-9-27-10-17-28(12-2-3-13(8-12)33-17)22(32)18(27)20(30)19(14)29;1-22-13-11-14(19)17-7-2-3-8(4-7)23-10(17)6-16(11)5-9(12(13)18)15(20)21;11-7-2-3-8(9(12)6-7)10(13)4-1-5-10/h1,4,7,9,12-13,17,30H,2-3,5-6,8,10H2,(H,26,31);5,7-8,10H,2-4,6H2,1H3,(H,20,21);2-3,6H,1,4-5,13H2/t12-,13+,17?;7-,8+,10?;/m11./s1. The lowest BCUT2D eigenvalue weighted by molar-refractivity contribution is -0.132. The van der Waals surface area contributed by atoms with E-state index in [4.69, 9.17) is 19.9 Å². The van der Waals surface area contributed by atoms with E-state index in [2.05, 4.69) is 5.32 Å². The third-order valence-electron chi connectivity index (χ3n) is 14.8. The lowest BCUT2D eigenvalue weighted by Crippen LogP contribution is -2.57. The number of benzene rings is 2. The zero-order valence-corrected chi connectivity index (χ0v) is 37.2. The fourth-order valence-corrected chi connectivity index (χ4v) is 11.1. The molecular weight excluding hydrogens is 913 g/mol. The smallest absolute Gasteiger partial charge is 0.341 e. The number of carbonyl (C=O) groups is 4. The van der Waals surface area contributed by atoms with Crippen LogP contribution in [0, 0.1) is 23.3 Å². The van der Waals surface area contributed by atoms with Crippen molar-refractivity contribution in [3.05, 3.63) is 126 Å². The Balaban J connectivity index is 0.000000133. The summed E-state index contributed by atoms with van der Waals surface area (Å²) in [5.41, 5.74) is 2.33. The lowest BCUT2D eigenvalue weighted by Gasteiger charge is -2.44. The molecule has 2 saturated heterocycles. The second-order valence-corrected chi connectivity index (χ2v) is 19.0. The Morgan fingerprint density at radius 3 is 1.75 bits per heavy atom. The van der Waals surface area contributed by atoms with Crippen LogP contribution in [0.3, 0.4) is 0 Å². The summed E-state index contributed by atoms with van der Waals surface area (Å²) in [6.07, 6.45) is 10.2. The van der Waals surface area contributed by atoms with Crippen LogP contribution in [-0.2, 0) is 33.6 Å². The van der Waals surface area contributed by atoms with Gasteiger partial charge in [0.15, 0.2) is 35.3 Å². The number of carbonyl (C=O) groups excluding carboxylic acids is 3. The molecule has 0 radical (unpaired) electrons. The molecule has 5 N–H and O–H groups in total. The molecule has 69 heavy (non-hydrogen) atoms. The van der Waals surface area contributed by atoms with Crippen LogP contribution in [-0.4, -0.2) is 96.7 Å². The number of nitrogens with two attached hydrogens (primary N) is 1. The minimum atomic E-state index is -1.34. The topological polar surface area (TPSA) is 225 Å². The van der Waals surface area contributed by atoms with Gasteiger partial charge in [-0.25, -0.2) is 22.4 Å². The van der Waals surface area contributed by atoms with Gasteiger partial charge in [0.1, 0.15) is 34.4 Å². The molecule has 17 nitrogen and oxygen atoms in total. The molecule has 6 atom stereocenters. The second-order valence-electron chi connectivity index (χ2n) is 19.0. The number of aromatic nitrogens is 2. The summed E-state index contributed by atoms with van der Waals surface area (Å²) in [6, 6.07) is 6.84. The van der Waals surface area contributed by atoms with E-state index < -0.39 is 86.8 Å². The molecule has 3 amide bonds. The first-order valence-corrected chi connectivity index (χ1v) is 22.9. The van der Waals surface area contributed by atoms with Crippen molar-refractivity contribution < 1.29 is 61.2 Å². The number of carboxylic acid groups (broad SMARTS) is 1. The Morgan fingerprint density at radius 1 is 0.739 bits per heavy atom. The fourth-order valence-electron chi connectivity index (χ4n) is 11.1. The van der Waals surface area contributed by atoms with Crippen LogP contribution in [0.15, 0.2) is 58.4 Å². The van der Waals surface area contributed by atoms with E-state index in [1.165, 1.54) is 46.8 Å². The largest absolute Gasteiger partial charge is 0.503 e. The molecule has 6 fully saturated rings. The molecule has 4 saturated carbocycles.